The van der Waals surface area contributed by atoms with Gasteiger partial charge in [0.1, 0.15) is 0 Å². The Kier molecular flexibility index (Phi) is 4.28. The molecule has 1 saturated heterocycles. The fraction of sp³-hybridized carbons (Fsp3) is 0.929. The first-order valence-corrected chi connectivity index (χ1v) is 7.09. The summed E-state index contributed by atoms with van der Waals surface area (Å²) in [6.07, 6.45) is 4.11. The molecule has 4 nitrogen and oxygen atoms in total. The van der Waals surface area contributed by atoms with Crippen molar-refractivity contribution in [3.8, 4) is 0 Å². The van der Waals surface area contributed by atoms with Gasteiger partial charge >= 0.3 is 5.97 Å². The van der Waals surface area contributed by atoms with E-state index >= 15 is 0 Å². The summed E-state index contributed by atoms with van der Waals surface area (Å²) in [6, 6.07) is 0. The van der Waals surface area contributed by atoms with Crippen LogP contribution in [0.3, 0.4) is 0 Å². The summed E-state index contributed by atoms with van der Waals surface area (Å²) >= 11 is 0. The van der Waals surface area contributed by atoms with Gasteiger partial charge in [0.2, 0.25) is 0 Å². The van der Waals surface area contributed by atoms with E-state index in [-0.39, 0.29) is 6.10 Å². The van der Waals surface area contributed by atoms with Gasteiger partial charge in [-0.25, -0.2) is 0 Å². The van der Waals surface area contributed by atoms with E-state index in [4.69, 9.17) is 4.74 Å². The minimum Gasteiger partial charge on any atom is -0.481 e. The molecule has 0 amide bonds. The van der Waals surface area contributed by atoms with Crippen molar-refractivity contribution < 1.29 is 14.6 Å². The Morgan fingerprint density at radius 2 is 2.28 bits per heavy atom. The third kappa shape index (κ3) is 3.04. The molecule has 1 aliphatic heterocycles. The molecule has 0 aromatic rings. The van der Waals surface area contributed by atoms with Crippen LogP contribution in [0.1, 0.15) is 39.5 Å². The van der Waals surface area contributed by atoms with E-state index in [0.717, 1.165) is 39.0 Å². The maximum absolute atomic E-state index is 11.7. The largest absolute Gasteiger partial charge is 0.481 e. The number of hydrogen-bond acceptors (Lipinski definition) is 3. The number of carboxylic acid groups (broad SMARTS) is 1. The first kappa shape index (κ1) is 13.8. The Morgan fingerprint density at radius 3 is 2.89 bits per heavy atom. The van der Waals surface area contributed by atoms with Crippen LogP contribution in [0.25, 0.3) is 0 Å². The molecular weight excluding hydrogens is 230 g/mol. The molecule has 0 spiro atoms. The highest BCUT2D eigenvalue weighted by Gasteiger charge is 2.43. The smallest absolute Gasteiger partial charge is 0.310 e. The van der Waals surface area contributed by atoms with E-state index in [0.29, 0.717) is 12.5 Å². The van der Waals surface area contributed by atoms with Crippen molar-refractivity contribution in [2.75, 3.05) is 26.2 Å². The highest BCUT2D eigenvalue weighted by Crippen LogP contribution is 2.40. The summed E-state index contributed by atoms with van der Waals surface area (Å²) in [5.41, 5.74) is -0.519. The Balaban J connectivity index is 2.03. The van der Waals surface area contributed by atoms with E-state index < -0.39 is 11.4 Å². The van der Waals surface area contributed by atoms with Crippen LogP contribution in [0.15, 0.2) is 0 Å². The number of carboxylic acids is 1. The highest BCUT2D eigenvalue weighted by molar-refractivity contribution is 5.75. The molecule has 1 heterocycles. The predicted molar refractivity (Wildman–Crippen MR) is 69.6 cm³/mol. The lowest BCUT2D eigenvalue weighted by Crippen LogP contribution is -2.50. The second-order valence-corrected chi connectivity index (χ2v) is 6.20. The molecule has 0 aromatic heterocycles. The minimum atomic E-state index is -0.604. The molecule has 2 aliphatic rings. The monoisotopic (exact) mass is 255 g/mol. The molecule has 4 heteroatoms. The lowest BCUT2D eigenvalue weighted by molar-refractivity contribution is -0.155. The van der Waals surface area contributed by atoms with Gasteiger partial charge in [-0.3, -0.25) is 9.69 Å². The number of ether oxygens (including phenoxy) is 1. The highest BCUT2D eigenvalue weighted by atomic mass is 16.5. The van der Waals surface area contributed by atoms with Crippen molar-refractivity contribution in [2.24, 2.45) is 11.3 Å². The van der Waals surface area contributed by atoms with Crippen LogP contribution in [-0.4, -0.2) is 48.3 Å². The zero-order chi connectivity index (χ0) is 13.2. The van der Waals surface area contributed by atoms with Gasteiger partial charge in [-0.1, -0.05) is 19.8 Å². The van der Waals surface area contributed by atoms with Gasteiger partial charge in [-0.15, -0.1) is 0 Å². The van der Waals surface area contributed by atoms with Gasteiger partial charge in [0.15, 0.2) is 0 Å². The Labute approximate surface area is 109 Å². The van der Waals surface area contributed by atoms with Crippen molar-refractivity contribution in [1.29, 1.82) is 0 Å². The molecule has 3 unspecified atom stereocenters. The fourth-order valence-corrected chi connectivity index (χ4v) is 3.53. The van der Waals surface area contributed by atoms with Gasteiger partial charge in [-0.2, -0.15) is 0 Å². The predicted octanol–water partition coefficient (Wildman–Crippen LogP) is 1.99. The van der Waals surface area contributed by atoms with E-state index in [2.05, 4.69) is 18.7 Å². The Bertz CT molecular complexity index is 307. The third-order valence-electron chi connectivity index (χ3n) is 4.40. The minimum absolute atomic E-state index is 0.227. The molecule has 0 radical (unpaired) electrons. The molecule has 1 saturated carbocycles. The summed E-state index contributed by atoms with van der Waals surface area (Å²) in [6.45, 7) is 7.39. The zero-order valence-electron chi connectivity index (χ0n) is 11.5. The number of hydrogen-bond donors (Lipinski definition) is 1. The summed E-state index contributed by atoms with van der Waals surface area (Å²) in [4.78, 5) is 14.0. The van der Waals surface area contributed by atoms with Crippen molar-refractivity contribution >= 4 is 5.97 Å². The van der Waals surface area contributed by atoms with Crippen LogP contribution in [0.2, 0.25) is 0 Å². The lowest BCUT2D eigenvalue weighted by Gasteiger charge is -2.42. The Hall–Kier alpha value is -0.610. The lowest BCUT2D eigenvalue weighted by atomic mass is 9.69. The van der Waals surface area contributed by atoms with Gasteiger partial charge in [0.05, 0.1) is 18.1 Å². The van der Waals surface area contributed by atoms with Crippen LogP contribution >= 0.6 is 0 Å². The second kappa shape index (κ2) is 5.57. The number of aliphatic carboxylic acids is 1. The average Bonchev–Trinajstić information content (AvgIpc) is 2.28. The van der Waals surface area contributed by atoms with E-state index in [1.54, 1.807) is 0 Å². The van der Waals surface area contributed by atoms with Crippen molar-refractivity contribution in [3.05, 3.63) is 0 Å². The normalized spacial score (nSPS) is 38.6. The topological polar surface area (TPSA) is 49.8 Å². The van der Waals surface area contributed by atoms with E-state index in [1.807, 2.05) is 0 Å². The van der Waals surface area contributed by atoms with Crippen LogP contribution in [0.4, 0.5) is 0 Å². The number of nitrogens with zero attached hydrogens (tertiary/aromatic N) is 1. The van der Waals surface area contributed by atoms with Crippen LogP contribution < -0.4 is 0 Å². The SMILES string of the molecule is CC1CCCC(CN2CCOC(C)C2)(C(=O)O)C1. The molecule has 1 aliphatic carbocycles. The third-order valence-corrected chi connectivity index (χ3v) is 4.40. The molecule has 2 fully saturated rings. The number of carbonyl (C=O) groups is 1. The van der Waals surface area contributed by atoms with Gasteiger partial charge in [0, 0.05) is 19.6 Å². The molecule has 1 N–H and O–H groups in total. The quantitative estimate of drug-likeness (QED) is 0.838. The maximum Gasteiger partial charge on any atom is 0.310 e. The first-order chi connectivity index (χ1) is 8.52. The van der Waals surface area contributed by atoms with Crippen LogP contribution in [0.5, 0.6) is 0 Å². The summed E-state index contributed by atoms with van der Waals surface area (Å²) < 4.78 is 5.52. The molecular formula is C14H25NO3. The van der Waals surface area contributed by atoms with Crippen LogP contribution in [-0.2, 0) is 9.53 Å². The molecule has 18 heavy (non-hydrogen) atoms. The molecule has 104 valence electrons. The fourth-order valence-electron chi connectivity index (χ4n) is 3.53. The Morgan fingerprint density at radius 1 is 1.50 bits per heavy atom. The van der Waals surface area contributed by atoms with E-state index in [1.165, 1.54) is 6.42 Å². The van der Waals surface area contributed by atoms with E-state index in [9.17, 15) is 9.90 Å². The average molecular weight is 255 g/mol. The van der Waals surface area contributed by atoms with Gasteiger partial charge in [0.25, 0.3) is 0 Å². The van der Waals surface area contributed by atoms with Crippen molar-refractivity contribution in [2.45, 2.75) is 45.6 Å². The van der Waals surface area contributed by atoms with Crippen molar-refractivity contribution in [3.63, 3.8) is 0 Å². The van der Waals surface area contributed by atoms with Crippen LogP contribution in [0, 0.1) is 11.3 Å². The molecule has 0 aromatic carbocycles. The zero-order valence-corrected chi connectivity index (χ0v) is 11.5. The first-order valence-electron chi connectivity index (χ1n) is 7.09. The summed E-state index contributed by atoms with van der Waals surface area (Å²) in [7, 11) is 0. The van der Waals surface area contributed by atoms with Crippen molar-refractivity contribution in [1.82, 2.24) is 4.90 Å². The standard InChI is InChI=1S/C14H25NO3/c1-11-4-3-5-14(8-11,13(16)17)10-15-6-7-18-12(2)9-15/h11-12H,3-10H2,1-2H3,(H,16,17). The summed E-state index contributed by atoms with van der Waals surface area (Å²) in [5.74, 6) is -0.0680. The van der Waals surface area contributed by atoms with Gasteiger partial charge in [-0.05, 0) is 25.7 Å². The molecule has 0 bridgehead atoms. The number of rotatable bonds is 3. The molecule has 3 atom stereocenters. The summed E-state index contributed by atoms with van der Waals surface area (Å²) in [5, 5.41) is 9.65. The molecule has 2 rings (SSSR count). The number of morpholine rings is 1. The van der Waals surface area contributed by atoms with Gasteiger partial charge < -0.3 is 9.84 Å². The second-order valence-electron chi connectivity index (χ2n) is 6.20. The maximum atomic E-state index is 11.7.